The summed E-state index contributed by atoms with van der Waals surface area (Å²) in [5.41, 5.74) is 0. The second-order valence-corrected chi connectivity index (χ2v) is 4.06. The fraction of sp³-hybridized carbons (Fsp3) is 0.556. The van der Waals surface area contributed by atoms with Gasteiger partial charge in [0.1, 0.15) is 6.04 Å². The number of hydrogen-bond donors (Lipinski definition) is 0. The first-order valence-corrected chi connectivity index (χ1v) is 5.63. The summed E-state index contributed by atoms with van der Waals surface area (Å²) in [6, 6.07) is -0.293. The SMILES string of the molecule is CCOC(=O)[C@@H](CC)n1cc(I)cn1. The van der Waals surface area contributed by atoms with Crippen LogP contribution in [0.1, 0.15) is 26.3 Å². The maximum Gasteiger partial charge on any atom is 0.330 e. The van der Waals surface area contributed by atoms with Gasteiger partial charge in [0.05, 0.1) is 16.4 Å². The quantitative estimate of drug-likeness (QED) is 0.631. The minimum Gasteiger partial charge on any atom is -0.464 e. The highest BCUT2D eigenvalue weighted by molar-refractivity contribution is 14.1. The fourth-order valence-corrected chi connectivity index (χ4v) is 1.60. The van der Waals surface area contributed by atoms with Crippen LogP contribution in [0.3, 0.4) is 0 Å². The zero-order valence-corrected chi connectivity index (χ0v) is 10.4. The molecule has 1 rings (SSSR count). The van der Waals surface area contributed by atoms with Crippen molar-refractivity contribution >= 4 is 28.6 Å². The molecule has 1 aromatic rings. The Balaban J connectivity index is 2.76. The predicted octanol–water partition coefficient (Wildman–Crippen LogP) is 2.00. The smallest absolute Gasteiger partial charge is 0.330 e. The molecule has 78 valence electrons. The second-order valence-electron chi connectivity index (χ2n) is 2.81. The molecule has 0 aliphatic rings. The van der Waals surface area contributed by atoms with Gasteiger partial charge in [-0.05, 0) is 35.9 Å². The Morgan fingerprint density at radius 3 is 2.86 bits per heavy atom. The van der Waals surface area contributed by atoms with Crippen molar-refractivity contribution < 1.29 is 9.53 Å². The molecule has 0 radical (unpaired) electrons. The highest BCUT2D eigenvalue weighted by Crippen LogP contribution is 2.14. The van der Waals surface area contributed by atoms with Crippen LogP contribution in [-0.4, -0.2) is 22.4 Å². The van der Waals surface area contributed by atoms with Crippen molar-refractivity contribution in [3.8, 4) is 0 Å². The third-order valence-electron chi connectivity index (χ3n) is 1.83. The molecule has 0 saturated heterocycles. The van der Waals surface area contributed by atoms with Crippen molar-refractivity contribution in [1.29, 1.82) is 0 Å². The van der Waals surface area contributed by atoms with Crippen molar-refractivity contribution in [2.24, 2.45) is 0 Å². The van der Waals surface area contributed by atoms with E-state index in [1.54, 1.807) is 17.8 Å². The lowest BCUT2D eigenvalue weighted by Crippen LogP contribution is -2.21. The van der Waals surface area contributed by atoms with E-state index in [2.05, 4.69) is 27.7 Å². The fourth-order valence-electron chi connectivity index (χ4n) is 1.19. The first-order chi connectivity index (χ1) is 6.69. The van der Waals surface area contributed by atoms with Gasteiger partial charge < -0.3 is 4.74 Å². The molecule has 0 fully saturated rings. The molecule has 1 aromatic heterocycles. The van der Waals surface area contributed by atoms with E-state index in [9.17, 15) is 4.79 Å². The van der Waals surface area contributed by atoms with Crippen LogP contribution in [0.4, 0.5) is 0 Å². The molecule has 14 heavy (non-hydrogen) atoms. The van der Waals surface area contributed by atoms with Gasteiger partial charge in [0.25, 0.3) is 0 Å². The number of carbonyl (C=O) groups is 1. The molecule has 1 heterocycles. The topological polar surface area (TPSA) is 44.1 Å². The van der Waals surface area contributed by atoms with Crippen LogP contribution in [0.5, 0.6) is 0 Å². The highest BCUT2D eigenvalue weighted by Gasteiger charge is 2.20. The Morgan fingerprint density at radius 1 is 1.71 bits per heavy atom. The maximum absolute atomic E-state index is 11.5. The first-order valence-electron chi connectivity index (χ1n) is 4.55. The molecule has 1 atom stereocenters. The van der Waals surface area contributed by atoms with Crippen LogP contribution in [0.2, 0.25) is 0 Å². The van der Waals surface area contributed by atoms with E-state index in [1.165, 1.54) is 0 Å². The van der Waals surface area contributed by atoms with E-state index >= 15 is 0 Å². The summed E-state index contributed by atoms with van der Waals surface area (Å²) in [5, 5.41) is 4.10. The lowest BCUT2D eigenvalue weighted by atomic mass is 10.2. The van der Waals surface area contributed by atoms with E-state index in [4.69, 9.17) is 4.74 Å². The second kappa shape index (κ2) is 5.33. The minimum atomic E-state index is -0.293. The Morgan fingerprint density at radius 2 is 2.43 bits per heavy atom. The summed E-state index contributed by atoms with van der Waals surface area (Å²) in [5.74, 6) is -0.213. The summed E-state index contributed by atoms with van der Waals surface area (Å²) in [4.78, 5) is 11.5. The molecule has 0 amide bonds. The van der Waals surface area contributed by atoms with E-state index in [1.807, 2.05) is 13.1 Å². The molecule has 5 heteroatoms. The van der Waals surface area contributed by atoms with Crippen molar-refractivity contribution in [1.82, 2.24) is 9.78 Å². The number of carbonyl (C=O) groups excluding carboxylic acids is 1. The Kier molecular flexibility index (Phi) is 4.37. The molecule has 0 aliphatic heterocycles. The summed E-state index contributed by atoms with van der Waals surface area (Å²) in [6.07, 6.45) is 4.25. The largest absolute Gasteiger partial charge is 0.464 e. The van der Waals surface area contributed by atoms with Gasteiger partial charge in [-0.15, -0.1) is 0 Å². The standard InChI is InChI=1S/C9H13IN2O2/c1-3-8(9(13)14-4-2)12-6-7(10)5-11-12/h5-6,8H,3-4H2,1-2H3/t8-/m1/s1. The molecule has 0 aliphatic carbocycles. The van der Waals surface area contributed by atoms with Gasteiger partial charge in [0.2, 0.25) is 0 Å². The lowest BCUT2D eigenvalue weighted by Gasteiger charge is -2.13. The monoisotopic (exact) mass is 308 g/mol. The molecule has 0 saturated carbocycles. The first kappa shape index (κ1) is 11.5. The number of ether oxygens (including phenoxy) is 1. The number of aromatic nitrogens is 2. The minimum absolute atomic E-state index is 0.213. The Hall–Kier alpha value is -0.590. The summed E-state index contributed by atoms with van der Waals surface area (Å²) < 4.78 is 7.63. The molecule has 0 N–H and O–H groups in total. The van der Waals surface area contributed by atoms with E-state index in [-0.39, 0.29) is 12.0 Å². The number of rotatable bonds is 4. The Labute approximate surface area is 96.8 Å². The van der Waals surface area contributed by atoms with Crippen molar-refractivity contribution in [2.75, 3.05) is 6.61 Å². The number of hydrogen-bond acceptors (Lipinski definition) is 3. The predicted molar refractivity (Wildman–Crippen MR) is 60.9 cm³/mol. The average Bonchev–Trinajstić information content (AvgIpc) is 2.54. The molecule has 0 unspecified atom stereocenters. The zero-order valence-electron chi connectivity index (χ0n) is 8.24. The third kappa shape index (κ3) is 2.70. The van der Waals surface area contributed by atoms with Crippen LogP contribution in [0.25, 0.3) is 0 Å². The Bertz CT molecular complexity index is 312. The van der Waals surface area contributed by atoms with Gasteiger partial charge >= 0.3 is 5.97 Å². The number of esters is 1. The molecular weight excluding hydrogens is 295 g/mol. The van der Waals surface area contributed by atoms with Gasteiger partial charge in [0.15, 0.2) is 0 Å². The summed E-state index contributed by atoms with van der Waals surface area (Å²) in [7, 11) is 0. The lowest BCUT2D eigenvalue weighted by molar-refractivity contribution is -0.147. The van der Waals surface area contributed by atoms with Crippen LogP contribution in [0.15, 0.2) is 12.4 Å². The number of nitrogens with zero attached hydrogens (tertiary/aromatic N) is 2. The van der Waals surface area contributed by atoms with Crippen molar-refractivity contribution in [3.63, 3.8) is 0 Å². The van der Waals surface area contributed by atoms with E-state index in [0.29, 0.717) is 13.0 Å². The van der Waals surface area contributed by atoms with Gasteiger partial charge in [-0.25, -0.2) is 4.79 Å². The van der Waals surface area contributed by atoms with Gasteiger partial charge in [0, 0.05) is 6.20 Å². The van der Waals surface area contributed by atoms with Crippen LogP contribution in [-0.2, 0) is 9.53 Å². The van der Waals surface area contributed by atoms with Gasteiger partial charge in [-0.2, -0.15) is 5.10 Å². The third-order valence-corrected chi connectivity index (χ3v) is 2.39. The van der Waals surface area contributed by atoms with Gasteiger partial charge in [-0.1, -0.05) is 6.92 Å². The molecular formula is C9H13IN2O2. The zero-order chi connectivity index (χ0) is 10.6. The molecule has 4 nitrogen and oxygen atoms in total. The van der Waals surface area contributed by atoms with Crippen molar-refractivity contribution in [3.05, 3.63) is 16.0 Å². The van der Waals surface area contributed by atoms with Crippen LogP contribution < -0.4 is 0 Å². The average molecular weight is 308 g/mol. The van der Waals surface area contributed by atoms with Crippen molar-refractivity contribution in [2.45, 2.75) is 26.3 Å². The molecule has 0 aromatic carbocycles. The highest BCUT2D eigenvalue weighted by atomic mass is 127. The maximum atomic E-state index is 11.5. The van der Waals surface area contributed by atoms with Crippen LogP contribution >= 0.6 is 22.6 Å². The van der Waals surface area contributed by atoms with E-state index in [0.717, 1.165) is 3.57 Å². The normalized spacial score (nSPS) is 12.5. The number of halogens is 1. The molecule has 0 spiro atoms. The van der Waals surface area contributed by atoms with E-state index < -0.39 is 0 Å². The summed E-state index contributed by atoms with van der Waals surface area (Å²) in [6.45, 7) is 4.15. The van der Waals surface area contributed by atoms with Crippen LogP contribution in [0, 0.1) is 3.57 Å². The molecule has 0 bridgehead atoms. The summed E-state index contributed by atoms with van der Waals surface area (Å²) >= 11 is 2.16. The van der Waals surface area contributed by atoms with Gasteiger partial charge in [-0.3, -0.25) is 4.68 Å².